The second kappa shape index (κ2) is 9.74. The van der Waals surface area contributed by atoms with Crippen molar-refractivity contribution in [2.45, 2.75) is 37.3 Å². The SMILES string of the molecule is CO[C@H]1C[C@@H](CC(=O)O)O[C@@H]([P+](c2ccccc2)(c2ccccc2)c2ccccc2)C1. The van der Waals surface area contributed by atoms with Gasteiger partial charge in [-0.05, 0) is 36.4 Å². The van der Waals surface area contributed by atoms with Gasteiger partial charge in [-0.25, -0.2) is 0 Å². The van der Waals surface area contributed by atoms with E-state index in [1.165, 1.54) is 15.9 Å². The van der Waals surface area contributed by atoms with Crippen molar-refractivity contribution in [3.05, 3.63) is 91.0 Å². The van der Waals surface area contributed by atoms with Gasteiger partial charge in [0.15, 0.2) is 5.85 Å². The Bertz CT molecular complexity index is 881. The molecule has 3 aromatic rings. The normalized spacial score (nSPS) is 21.5. The van der Waals surface area contributed by atoms with Crippen LogP contribution in [-0.2, 0) is 14.3 Å². The first-order chi connectivity index (χ1) is 15.1. The molecule has 3 atom stereocenters. The minimum atomic E-state index is -2.26. The summed E-state index contributed by atoms with van der Waals surface area (Å²) in [6.45, 7) is 0. The van der Waals surface area contributed by atoms with E-state index in [-0.39, 0.29) is 24.5 Å². The van der Waals surface area contributed by atoms with Crippen LogP contribution < -0.4 is 15.9 Å². The quantitative estimate of drug-likeness (QED) is 0.571. The zero-order valence-electron chi connectivity index (χ0n) is 17.6. The lowest BCUT2D eigenvalue weighted by Crippen LogP contribution is -2.47. The minimum absolute atomic E-state index is 0.0191. The van der Waals surface area contributed by atoms with Crippen LogP contribution in [0.2, 0.25) is 0 Å². The fraction of sp³-hybridized carbons (Fsp3) is 0.269. The molecule has 31 heavy (non-hydrogen) atoms. The van der Waals surface area contributed by atoms with Gasteiger partial charge in [-0.15, -0.1) is 0 Å². The van der Waals surface area contributed by atoms with Crippen molar-refractivity contribution in [1.82, 2.24) is 0 Å². The van der Waals surface area contributed by atoms with Gasteiger partial charge in [-0.2, -0.15) is 0 Å². The van der Waals surface area contributed by atoms with Gasteiger partial charge < -0.3 is 14.6 Å². The highest BCUT2D eigenvalue weighted by atomic mass is 31.2. The number of carbonyl (C=O) groups is 1. The fourth-order valence-electron chi connectivity index (χ4n) is 4.65. The first-order valence-electron chi connectivity index (χ1n) is 10.6. The molecule has 1 aliphatic rings. The van der Waals surface area contributed by atoms with E-state index < -0.39 is 13.2 Å². The zero-order valence-corrected chi connectivity index (χ0v) is 18.5. The number of hydrogen-bond donors (Lipinski definition) is 1. The van der Waals surface area contributed by atoms with E-state index in [1.54, 1.807) is 7.11 Å². The summed E-state index contributed by atoms with van der Waals surface area (Å²) in [4.78, 5) is 11.5. The van der Waals surface area contributed by atoms with Gasteiger partial charge in [-0.1, -0.05) is 54.6 Å². The summed E-state index contributed by atoms with van der Waals surface area (Å²) in [7, 11) is -0.548. The van der Waals surface area contributed by atoms with E-state index in [2.05, 4.69) is 72.8 Å². The molecule has 0 amide bonds. The van der Waals surface area contributed by atoms with E-state index in [9.17, 15) is 9.90 Å². The third-order valence-corrected chi connectivity index (χ3v) is 10.5. The van der Waals surface area contributed by atoms with Gasteiger partial charge >= 0.3 is 5.97 Å². The third-order valence-electron chi connectivity index (χ3n) is 6.00. The molecule has 0 radical (unpaired) electrons. The van der Waals surface area contributed by atoms with Crippen LogP contribution in [0.15, 0.2) is 91.0 Å². The van der Waals surface area contributed by atoms with Gasteiger partial charge in [0.1, 0.15) is 23.2 Å². The van der Waals surface area contributed by atoms with E-state index in [0.29, 0.717) is 6.42 Å². The molecule has 1 saturated heterocycles. The number of ether oxygens (including phenoxy) is 2. The van der Waals surface area contributed by atoms with Crippen LogP contribution in [-0.4, -0.2) is 36.2 Å². The van der Waals surface area contributed by atoms with Gasteiger partial charge in [0.05, 0.1) is 18.6 Å². The van der Waals surface area contributed by atoms with Crippen LogP contribution in [0, 0.1) is 0 Å². The molecule has 0 saturated carbocycles. The average Bonchev–Trinajstić information content (AvgIpc) is 2.81. The van der Waals surface area contributed by atoms with Crippen LogP contribution in [0.25, 0.3) is 0 Å². The Morgan fingerprint density at radius 3 is 1.71 bits per heavy atom. The van der Waals surface area contributed by atoms with E-state index in [1.807, 2.05) is 18.2 Å². The smallest absolute Gasteiger partial charge is 0.305 e. The van der Waals surface area contributed by atoms with Crippen LogP contribution in [0.5, 0.6) is 0 Å². The summed E-state index contributed by atoms with van der Waals surface area (Å²) in [6.07, 6.45) is 0.876. The monoisotopic (exact) mass is 435 g/mol. The molecule has 0 aliphatic carbocycles. The maximum atomic E-state index is 11.5. The number of benzene rings is 3. The van der Waals surface area contributed by atoms with Crippen molar-refractivity contribution in [3.8, 4) is 0 Å². The number of aliphatic carboxylic acids is 1. The van der Waals surface area contributed by atoms with Gasteiger partial charge in [-0.3, -0.25) is 4.79 Å². The van der Waals surface area contributed by atoms with Crippen LogP contribution in [0.1, 0.15) is 19.3 Å². The molecule has 160 valence electrons. The Morgan fingerprint density at radius 1 is 0.871 bits per heavy atom. The summed E-state index contributed by atoms with van der Waals surface area (Å²) in [5, 5.41) is 13.1. The number of carboxylic acids is 1. The van der Waals surface area contributed by atoms with E-state index in [0.717, 1.165) is 6.42 Å². The first kappa shape index (κ1) is 21.7. The molecule has 1 fully saturated rings. The second-order valence-corrected chi connectivity index (χ2v) is 11.4. The molecule has 0 unspecified atom stereocenters. The fourth-order valence-corrected chi connectivity index (χ4v) is 9.38. The molecule has 0 bridgehead atoms. The number of carboxylic acid groups (broad SMARTS) is 1. The van der Waals surface area contributed by atoms with Crippen molar-refractivity contribution >= 4 is 29.1 Å². The lowest BCUT2D eigenvalue weighted by atomic mass is 10.0. The zero-order chi connectivity index (χ0) is 21.7. The highest BCUT2D eigenvalue weighted by Crippen LogP contribution is 2.62. The Morgan fingerprint density at radius 2 is 1.32 bits per heavy atom. The molecule has 4 nitrogen and oxygen atoms in total. The number of hydrogen-bond acceptors (Lipinski definition) is 3. The molecule has 4 rings (SSSR count). The molecular weight excluding hydrogens is 407 g/mol. The van der Waals surface area contributed by atoms with Crippen molar-refractivity contribution in [3.63, 3.8) is 0 Å². The summed E-state index contributed by atoms with van der Waals surface area (Å²) >= 11 is 0. The maximum absolute atomic E-state index is 11.5. The predicted molar refractivity (Wildman–Crippen MR) is 126 cm³/mol. The summed E-state index contributed by atoms with van der Waals surface area (Å²) in [6, 6.07) is 31.6. The van der Waals surface area contributed by atoms with Crippen molar-refractivity contribution in [2.24, 2.45) is 0 Å². The second-order valence-electron chi connectivity index (χ2n) is 7.87. The van der Waals surface area contributed by atoms with E-state index >= 15 is 0 Å². The minimum Gasteiger partial charge on any atom is -0.481 e. The summed E-state index contributed by atoms with van der Waals surface area (Å²) in [5.74, 6) is -1.02. The van der Waals surface area contributed by atoms with E-state index in [4.69, 9.17) is 9.47 Å². The van der Waals surface area contributed by atoms with Crippen molar-refractivity contribution in [1.29, 1.82) is 0 Å². The molecular formula is C26H28O4P+. The molecule has 1 heterocycles. The molecule has 1 aliphatic heterocycles. The molecule has 0 spiro atoms. The standard InChI is InChI=1S/C26H27O4P/c1-29-20-17-21(18-25(27)28)30-26(19-20)31(22-11-5-2-6-12-22,23-13-7-3-8-14-23)24-15-9-4-10-16-24/h2-16,20-21,26H,17-19H2,1H3/p+1/t20-,21-,26-/m0/s1. The highest BCUT2D eigenvalue weighted by Gasteiger charge is 2.56. The molecule has 3 aromatic carbocycles. The number of methoxy groups -OCH3 is 1. The Labute approximate surface area is 184 Å². The number of rotatable bonds is 7. The van der Waals surface area contributed by atoms with Crippen LogP contribution in [0.3, 0.4) is 0 Å². The topological polar surface area (TPSA) is 55.8 Å². The predicted octanol–water partition coefficient (Wildman–Crippen LogP) is 3.98. The van der Waals surface area contributed by atoms with Crippen molar-refractivity contribution < 1.29 is 19.4 Å². The van der Waals surface area contributed by atoms with Gasteiger partial charge in [0, 0.05) is 20.0 Å². The Balaban J connectivity index is 1.94. The largest absolute Gasteiger partial charge is 0.481 e. The highest BCUT2D eigenvalue weighted by molar-refractivity contribution is 7.96. The van der Waals surface area contributed by atoms with Crippen LogP contribution >= 0.6 is 7.26 Å². The maximum Gasteiger partial charge on any atom is 0.305 e. The van der Waals surface area contributed by atoms with Gasteiger partial charge in [0.2, 0.25) is 0 Å². The third kappa shape index (κ3) is 4.43. The summed E-state index contributed by atoms with van der Waals surface area (Å²) < 4.78 is 12.4. The average molecular weight is 435 g/mol. The molecule has 1 N–H and O–H groups in total. The van der Waals surface area contributed by atoms with Crippen LogP contribution in [0.4, 0.5) is 0 Å². The molecule has 5 heteroatoms. The van der Waals surface area contributed by atoms with Crippen molar-refractivity contribution in [2.75, 3.05) is 7.11 Å². The Kier molecular flexibility index (Phi) is 6.82. The lowest BCUT2D eigenvalue weighted by Gasteiger charge is -2.41. The lowest BCUT2D eigenvalue weighted by molar-refractivity contribution is -0.144. The summed E-state index contributed by atoms with van der Waals surface area (Å²) in [5.41, 5.74) is 0. The molecule has 0 aromatic heterocycles. The van der Waals surface area contributed by atoms with Gasteiger partial charge in [0.25, 0.3) is 0 Å². The Hall–Kier alpha value is -2.52. The first-order valence-corrected chi connectivity index (χ1v) is 12.5.